The monoisotopic (exact) mass is 637 g/mol. The third-order valence-electron chi connectivity index (χ3n) is 8.88. The second-order valence-electron chi connectivity index (χ2n) is 11.9. The predicted octanol–water partition coefficient (Wildman–Crippen LogP) is 4.00. The highest BCUT2D eigenvalue weighted by Crippen LogP contribution is 2.38. The highest BCUT2D eigenvalue weighted by atomic mass is 35.5. The third kappa shape index (κ3) is 6.00. The third-order valence-corrected chi connectivity index (χ3v) is 9.20. The first-order chi connectivity index (χ1) is 21.5. The molecule has 0 spiro atoms. The van der Waals surface area contributed by atoms with Gasteiger partial charge in [-0.2, -0.15) is 15.2 Å². The number of alkyl halides is 2. The Labute approximate surface area is 265 Å². The molecular weight excluding hydrogens is 604 g/mol. The van der Waals surface area contributed by atoms with Gasteiger partial charge in [0.25, 0.3) is 5.92 Å². The van der Waals surface area contributed by atoms with Crippen molar-refractivity contribution in [3.8, 4) is 12.1 Å². The van der Waals surface area contributed by atoms with E-state index in [2.05, 4.69) is 11.5 Å². The molecule has 3 aliphatic heterocycles. The molecule has 0 radical (unpaired) electrons. The largest absolute Gasteiger partial charge is 0.462 e. The highest BCUT2D eigenvalue weighted by molar-refractivity contribution is 6.36. The van der Waals surface area contributed by atoms with E-state index >= 15 is 0 Å². The maximum absolute atomic E-state index is 14.1. The number of halogens is 3. The lowest BCUT2D eigenvalue weighted by Gasteiger charge is -2.47. The molecule has 0 saturated carbocycles. The first-order valence-corrected chi connectivity index (χ1v) is 15.2. The number of hydrogen-bond donors (Lipinski definition) is 1. The number of aliphatic hydroxyl groups is 1. The van der Waals surface area contributed by atoms with Gasteiger partial charge in [0.1, 0.15) is 12.4 Å². The molecule has 1 aromatic heterocycles. The lowest BCUT2D eigenvalue weighted by atomic mass is 10.00. The van der Waals surface area contributed by atoms with Crippen molar-refractivity contribution in [1.29, 1.82) is 5.26 Å². The molecule has 2 fully saturated rings. The number of nitrogens with zero attached hydrogens (tertiary/aromatic N) is 7. The first-order valence-electron chi connectivity index (χ1n) is 14.8. The van der Waals surface area contributed by atoms with Crippen molar-refractivity contribution in [2.75, 3.05) is 56.2 Å². The van der Waals surface area contributed by atoms with Gasteiger partial charge in [0.2, 0.25) is 5.91 Å². The standard InChI is InChI=1S/C32H34ClF2N7O3/c1-3-27(43)42-15-14-41(20-32(42,44)11-12-36)29-23-10-13-40(26-9-5-7-21-6-4-8-24(33)28(21)26)17-25(23)37-30(38-29)45-18-22-16-31(34,35)19-39(22)2/h3-9,22,44H,1,10-11,13-20H2,2H3/t22-,32-/m0/s1. The number of hydrogen-bond acceptors (Lipinski definition) is 9. The van der Waals surface area contributed by atoms with E-state index in [1.807, 2.05) is 47.4 Å². The normalized spacial score (nSPS) is 23.1. The lowest BCUT2D eigenvalue weighted by Crippen LogP contribution is -2.64. The summed E-state index contributed by atoms with van der Waals surface area (Å²) < 4.78 is 34.1. The van der Waals surface area contributed by atoms with E-state index < -0.39 is 23.6 Å². The van der Waals surface area contributed by atoms with Crippen molar-refractivity contribution >= 4 is 39.8 Å². The number of aromatic nitrogens is 2. The molecule has 45 heavy (non-hydrogen) atoms. The molecule has 3 aliphatic rings. The molecule has 10 nitrogen and oxygen atoms in total. The number of benzene rings is 2. The fraction of sp³-hybridized carbons (Fsp3) is 0.438. The van der Waals surface area contributed by atoms with Crippen LogP contribution in [0.5, 0.6) is 6.01 Å². The van der Waals surface area contributed by atoms with Gasteiger partial charge in [0.15, 0.2) is 5.72 Å². The zero-order valence-electron chi connectivity index (χ0n) is 24.9. The number of piperazine rings is 1. The van der Waals surface area contributed by atoms with Crippen molar-refractivity contribution in [1.82, 2.24) is 19.8 Å². The van der Waals surface area contributed by atoms with Gasteiger partial charge < -0.3 is 24.5 Å². The van der Waals surface area contributed by atoms with Crippen LogP contribution in [-0.2, 0) is 17.8 Å². The minimum Gasteiger partial charge on any atom is -0.462 e. The van der Waals surface area contributed by atoms with E-state index in [4.69, 9.17) is 26.3 Å². The van der Waals surface area contributed by atoms with Crippen molar-refractivity contribution in [3.05, 3.63) is 65.3 Å². The molecule has 1 N–H and O–H groups in total. The van der Waals surface area contributed by atoms with Crippen LogP contribution in [0, 0.1) is 11.3 Å². The molecule has 13 heteroatoms. The van der Waals surface area contributed by atoms with Crippen molar-refractivity contribution in [3.63, 3.8) is 0 Å². The molecule has 3 aromatic rings. The molecule has 0 unspecified atom stereocenters. The van der Waals surface area contributed by atoms with Crippen molar-refractivity contribution in [2.45, 2.75) is 43.5 Å². The number of nitriles is 1. The summed E-state index contributed by atoms with van der Waals surface area (Å²) in [5.74, 6) is -2.74. The summed E-state index contributed by atoms with van der Waals surface area (Å²) in [6.07, 6.45) is 1.05. The Morgan fingerprint density at radius 2 is 1.98 bits per heavy atom. The van der Waals surface area contributed by atoms with Crippen molar-refractivity contribution in [2.24, 2.45) is 0 Å². The minimum absolute atomic E-state index is 0.0209. The zero-order chi connectivity index (χ0) is 31.9. The van der Waals surface area contributed by atoms with Crippen molar-refractivity contribution < 1.29 is 23.4 Å². The molecule has 2 atom stereocenters. The second kappa shape index (κ2) is 12.0. The van der Waals surface area contributed by atoms with Crippen LogP contribution in [0.25, 0.3) is 10.8 Å². The Kier molecular flexibility index (Phi) is 8.28. The van der Waals surface area contributed by atoms with E-state index in [-0.39, 0.29) is 45.1 Å². The van der Waals surface area contributed by atoms with Crippen LogP contribution in [0.15, 0.2) is 49.1 Å². The number of carbonyl (C=O) groups excluding carboxylic acids is 1. The number of likely N-dealkylation sites (tertiary alicyclic amines) is 1. The Morgan fingerprint density at radius 3 is 2.69 bits per heavy atom. The number of rotatable bonds is 7. The van der Waals surface area contributed by atoms with Gasteiger partial charge in [-0.1, -0.05) is 42.4 Å². The number of amides is 1. The zero-order valence-corrected chi connectivity index (χ0v) is 25.7. The Bertz CT molecular complexity index is 1680. The van der Waals surface area contributed by atoms with Gasteiger partial charge in [-0.05, 0) is 37.1 Å². The van der Waals surface area contributed by atoms with E-state index in [1.54, 1.807) is 11.9 Å². The van der Waals surface area contributed by atoms with Crippen LogP contribution < -0.4 is 14.5 Å². The quantitative estimate of drug-likeness (QED) is 0.385. The number of fused-ring (bicyclic) bond motifs is 2. The predicted molar refractivity (Wildman–Crippen MR) is 167 cm³/mol. The number of anilines is 2. The summed E-state index contributed by atoms with van der Waals surface area (Å²) in [6.45, 7) is 4.61. The number of carbonyl (C=O) groups is 1. The first kappa shape index (κ1) is 31.0. The molecule has 1 amide bonds. The maximum Gasteiger partial charge on any atom is 0.318 e. The molecular formula is C32H34ClF2N7O3. The van der Waals surface area contributed by atoms with E-state index in [9.17, 15) is 23.9 Å². The Balaban J connectivity index is 1.36. The van der Waals surface area contributed by atoms with Crippen LogP contribution in [0.1, 0.15) is 24.1 Å². The SMILES string of the molecule is C=CC(=O)N1CCN(c2nc(OC[C@@H]3CC(F)(F)CN3C)nc3c2CCN(c2cccc4cccc(Cl)c24)C3)C[C@@]1(O)CC#N. The average molecular weight is 638 g/mol. The summed E-state index contributed by atoms with van der Waals surface area (Å²) in [7, 11) is 1.64. The fourth-order valence-corrected chi connectivity index (χ4v) is 6.94. The van der Waals surface area contributed by atoms with Crippen LogP contribution in [0.3, 0.4) is 0 Å². The highest BCUT2D eigenvalue weighted by Gasteiger charge is 2.45. The maximum atomic E-state index is 14.1. The number of likely N-dealkylation sites (N-methyl/N-ethyl adjacent to an activating group) is 1. The number of β-amino-alcohol motifs (C(OH)–C–C–N with tert-alkyl or cyclic N) is 1. The van der Waals surface area contributed by atoms with Gasteiger partial charge in [-0.25, -0.2) is 8.78 Å². The van der Waals surface area contributed by atoms with Gasteiger partial charge >= 0.3 is 6.01 Å². The average Bonchev–Trinajstić information content (AvgIpc) is 3.29. The summed E-state index contributed by atoms with van der Waals surface area (Å²) in [4.78, 5) is 28.9. The number of ether oxygens (including phenoxy) is 1. The molecule has 0 bridgehead atoms. The molecule has 6 rings (SSSR count). The van der Waals surface area contributed by atoms with Gasteiger partial charge in [-0.15, -0.1) is 0 Å². The molecule has 0 aliphatic carbocycles. The van der Waals surface area contributed by atoms with Crippen LogP contribution >= 0.6 is 11.6 Å². The van der Waals surface area contributed by atoms with Crippen LogP contribution in [0.2, 0.25) is 5.02 Å². The molecule has 2 aromatic carbocycles. The molecule has 4 heterocycles. The van der Waals surface area contributed by atoms with Gasteiger partial charge in [0, 0.05) is 48.7 Å². The lowest BCUT2D eigenvalue weighted by molar-refractivity contribution is -0.155. The van der Waals surface area contributed by atoms with E-state index in [1.165, 1.54) is 4.90 Å². The van der Waals surface area contributed by atoms with Gasteiger partial charge in [-0.3, -0.25) is 9.69 Å². The Hall–Kier alpha value is -4.05. The topological polar surface area (TPSA) is 109 Å². The summed E-state index contributed by atoms with van der Waals surface area (Å²) in [5, 5.41) is 23.6. The fourth-order valence-electron chi connectivity index (χ4n) is 6.66. The van der Waals surface area contributed by atoms with Crippen LogP contribution in [0.4, 0.5) is 20.3 Å². The molecule has 236 valence electrons. The second-order valence-corrected chi connectivity index (χ2v) is 12.3. The van der Waals surface area contributed by atoms with Crippen LogP contribution in [-0.4, -0.2) is 94.8 Å². The van der Waals surface area contributed by atoms with E-state index in [0.29, 0.717) is 42.6 Å². The summed E-state index contributed by atoms with van der Waals surface area (Å²) in [6, 6.07) is 13.3. The molecule has 2 saturated heterocycles. The Morgan fingerprint density at radius 1 is 1.20 bits per heavy atom. The van der Waals surface area contributed by atoms with E-state index in [0.717, 1.165) is 28.1 Å². The smallest absolute Gasteiger partial charge is 0.318 e. The minimum atomic E-state index is -2.79. The van der Waals surface area contributed by atoms with Gasteiger partial charge in [0.05, 0.1) is 42.8 Å². The summed E-state index contributed by atoms with van der Waals surface area (Å²) >= 11 is 6.65. The summed E-state index contributed by atoms with van der Waals surface area (Å²) in [5.41, 5.74) is 0.748.